The van der Waals surface area contributed by atoms with Gasteiger partial charge in [-0.25, -0.2) is 0 Å². The van der Waals surface area contributed by atoms with E-state index in [0.717, 1.165) is 73.5 Å². The summed E-state index contributed by atoms with van der Waals surface area (Å²) in [5.41, 5.74) is 5.84. The number of piperidine rings is 1. The monoisotopic (exact) mass is 417 g/mol. The number of rotatable bonds is 4. The highest BCUT2D eigenvalue weighted by atomic mass is 16.5. The zero-order chi connectivity index (χ0) is 21.4. The van der Waals surface area contributed by atoms with Gasteiger partial charge in [-0.15, -0.1) is 0 Å². The largest absolute Gasteiger partial charge is 0.496 e. The molecule has 1 saturated heterocycles. The number of aryl methyl sites for hydroxylation is 1. The Labute approximate surface area is 184 Å². The Bertz CT molecular complexity index is 1100. The molecule has 2 aliphatic heterocycles. The molecular weight excluding hydrogens is 386 g/mol. The van der Waals surface area contributed by atoms with Gasteiger partial charge in [-0.2, -0.15) is 0 Å². The van der Waals surface area contributed by atoms with Crippen LogP contribution in [0.3, 0.4) is 0 Å². The third kappa shape index (κ3) is 3.90. The maximum absolute atomic E-state index is 6.19. The summed E-state index contributed by atoms with van der Waals surface area (Å²) in [4.78, 5) is 2.50. The quantitative estimate of drug-likeness (QED) is 0.479. The molecule has 0 atom stereocenters. The maximum atomic E-state index is 6.19. The molecule has 0 aliphatic carbocycles. The van der Waals surface area contributed by atoms with Gasteiger partial charge in [0.2, 0.25) is 0 Å². The standard InChI is InChI=1S/C27H31NO3/c1-19-9-14-30-27(17-19)10-12-28(13-11-27)18-22-15-25-23(16-24(22)29-3)26(20(2)31-25)21-7-5-4-6-8-21/h4-8,15-17H,9-14,18H2,1-3H3. The number of likely N-dealkylation sites (tertiary alicyclic amines) is 1. The van der Waals surface area contributed by atoms with E-state index in [4.69, 9.17) is 13.9 Å². The molecular formula is C27H31NO3. The van der Waals surface area contributed by atoms with Gasteiger partial charge in [0.05, 0.1) is 19.3 Å². The lowest BCUT2D eigenvalue weighted by atomic mass is 9.87. The van der Waals surface area contributed by atoms with Gasteiger partial charge < -0.3 is 13.9 Å². The van der Waals surface area contributed by atoms with E-state index in [9.17, 15) is 0 Å². The Hall–Kier alpha value is -2.56. The number of nitrogens with zero attached hydrogens (tertiary/aromatic N) is 1. The SMILES string of the molecule is COc1cc2c(-c3ccccc3)c(C)oc2cc1CN1CCC2(C=C(C)CCO2)CC1. The fourth-order valence-electron chi connectivity index (χ4n) is 5.16. The first-order chi connectivity index (χ1) is 15.1. The minimum absolute atomic E-state index is 0.0460. The summed E-state index contributed by atoms with van der Waals surface area (Å²) in [7, 11) is 1.76. The molecule has 0 amide bonds. The van der Waals surface area contributed by atoms with Crippen LogP contribution >= 0.6 is 0 Å². The molecule has 0 unspecified atom stereocenters. The summed E-state index contributed by atoms with van der Waals surface area (Å²) in [6, 6.07) is 14.7. The second-order valence-electron chi connectivity index (χ2n) is 8.99. The molecule has 0 bridgehead atoms. The number of benzene rings is 2. The average molecular weight is 418 g/mol. The lowest BCUT2D eigenvalue weighted by Gasteiger charge is -2.42. The molecule has 162 valence electrons. The van der Waals surface area contributed by atoms with E-state index < -0.39 is 0 Å². The second kappa shape index (κ2) is 8.18. The zero-order valence-electron chi connectivity index (χ0n) is 18.7. The lowest BCUT2D eigenvalue weighted by Crippen LogP contribution is -2.46. The van der Waals surface area contributed by atoms with Crippen LogP contribution in [0.1, 0.15) is 37.5 Å². The Morgan fingerprint density at radius 2 is 1.84 bits per heavy atom. The molecule has 5 rings (SSSR count). The van der Waals surface area contributed by atoms with Crippen LogP contribution in [0, 0.1) is 6.92 Å². The van der Waals surface area contributed by atoms with E-state index in [0.29, 0.717) is 0 Å². The van der Waals surface area contributed by atoms with Gasteiger partial charge in [0.1, 0.15) is 17.1 Å². The van der Waals surface area contributed by atoms with Gasteiger partial charge in [-0.05, 0) is 50.8 Å². The van der Waals surface area contributed by atoms with Gasteiger partial charge in [0.25, 0.3) is 0 Å². The van der Waals surface area contributed by atoms with Crippen molar-refractivity contribution in [3.05, 3.63) is 65.4 Å². The molecule has 1 spiro atoms. The minimum atomic E-state index is -0.0460. The molecule has 0 radical (unpaired) electrons. The third-order valence-electron chi connectivity index (χ3n) is 6.82. The van der Waals surface area contributed by atoms with Gasteiger partial charge in [-0.3, -0.25) is 4.90 Å². The van der Waals surface area contributed by atoms with Crippen LogP contribution in [0.2, 0.25) is 0 Å². The van der Waals surface area contributed by atoms with Crippen molar-refractivity contribution in [3.63, 3.8) is 0 Å². The predicted molar refractivity (Wildman–Crippen MR) is 125 cm³/mol. The maximum Gasteiger partial charge on any atom is 0.135 e. The van der Waals surface area contributed by atoms with Crippen molar-refractivity contribution in [1.29, 1.82) is 0 Å². The summed E-state index contributed by atoms with van der Waals surface area (Å²) < 4.78 is 18.2. The van der Waals surface area contributed by atoms with E-state index in [1.807, 2.05) is 13.0 Å². The highest BCUT2D eigenvalue weighted by Crippen LogP contribution is 2.39. The van der Waals surface area contributed by atoms with Crippen molar-refractivity contribution in [3.8, 4) is 16.9 Å². The number of fused-ring (bicyclic) bond motifs is 1. The fraction of sp³-hybridized carbons (Fsp3) is 0.407. The molecule has 1 aromatic heterocycles. The van der Waals surface area contributed by atoms with Crippen LogP contribution in [0.4, 0.5) is 0 Å². The third-order valence-corrected chi connectivity index (χ3v) is 6.82. The van der Waals surface area contributed by atoms with Crippen LogP contribution in [0.15, 0.2) is 58.5 Å². The van der Waals surface area contributed by atoms with E-state index in [1.54, 1.807) is 7.11 Å². The number of ether oxygens (including phenoxy) is 2. The Kier molecular flexibility index (Phi) is 5.37. The summed E-state index contributed by atoms with van der Waals surface area (Å²) in [5.74, 6) is 1.87. The van der Waals surface area contributed by atoms with Crippen LogP contribution < -0.4 is 4.74 Å². The van der Waals surface area contributed by atoms with Crippen LogP contribution in [0.25, 0.3) is 22.1 Å². The van der Waals surface area contributed by atoms with Crippen LogP contribution in [-0.2, 0) is 11.3 Å². The minimum Gasteiger partial charge on any atom is -0.496 e. The summed E-state index contributed by atoms with van der Waals surface area (Å²) in [6.45, 7) is 8.03. The van der Waals surface area contributed by atoms with E-state index in [1.165, 1.54) is 16.7 Å². The van der Waals surface area contributed by atoms with Gasteiger partial charge >= 0.3 is 0 Å². The first-order valence-corrected chi connectivity index (χ1v) is 11.3. The Morgan fingerprint density at radius 3 is 2.55 bits per heavy atom. The van der Waals surface area contributed by atoms with Crippen molar-refractivity contribution >= 4 is 11.0 Å². The molecule has 0 N–H and O–H groups in total. The smallest absolute Gasteiger partial charge is 0.135 e. The average Bonchev–Trinajstić information content (AvgIpc) is 3.10. The zero-order valence-corrected chi connectivity index (χ0v) is 18.7. The van der Waals surface area contributed by atoms with E-state index in [-0.39, 0.29) is 5.60 Å². The van der Waals surface area contributed by atoms with E-state index >= 15 is 0 Å². The van der Waals surface area contributed by atoms with Crippen LogP contribution in [0.5, 0.6) is 5.75 Å². The summed E-state index contributed by atoms with van der Waals surface area (Å²) in [6.07, 6.45) is 5.53. The molecule has 4 heteroatoms. The van der Waals surface area contributed by atoms with Gasteiger partial charge in [0, 0.05) is 36.1 Å². The number of hydrogen-bond donors (Lipinski definition) is 0. The lowest BCUT2D eigenvalue weighted by molar-refractivity contribution is -0.0577. The molecule has 0 saturated carbocycles. The van der Waals surface area contributed by atoms with Crippen molar-refractivity contribution in [2.24, 2.45) is 0 Å². The van der Waals surface area contributed by atoms with Crippen LogP contribution in [-0.4, -0.2) is 37.3 Å². The molecule has 4 nitrogen and oxygen atoms in total. The highest BCUT2D eigenvalue weighted by molar-refractivity contribution is 5.97. The number of furan rings is 1. The van der Waals surface area contributed by atoms with Crippen molar-refractivity contribution in [1.82, 2.24) is 4.90 Å². The van der Waals surface area contributed by atoms with Gasteiger partial charge in [-0.1, -0.05) is 42.0 Å². The number of methoxy groups -OCH3 is 1. The molecule has 31 heavy (non-hydrogen) atoms. The first-order valence-electron chi connectivity index (χ1n) is 11.3. The second-order valence-corrected chi connectivity index (χ2v) is 8.99. The summed E-state index contributed by atoms with van der Waals surface area (Å²) >= 11 is 0. The van der Waals surface area contributed by atoms with E-state index in [2.05, 4.69) is 54.3 Å². The van der Waals surface area contributed by atoms with Crippen molar-refractivity contribution in [2.75, 3.05) is 26.8 Å². The molecule has 2 aromatic carbocycles. The molecule has 1 fully saturated rings. The molecule has 3 heterocycles. The normalized spacial score (nSPS) is 19.0. The predicted octanol–water partition coefficient (Wildman–Crippen LogP) is 6.12. The Morgan fingerprint density at radius 1 is 1.06 bits per heavy atom. The summed E-state index contributed by atoms with van der Waals surface area (Å²) in [5, 5.41) is 1.11. The van der Waals surface area contributed by atoms with Crippen molar-refractivity contribution in [2.45, 2.75) is 45.3 Å². The highest BCUT2D eigenvalue weighted by Gasteiger charge is 2.35. The number of hydrogen-bond acceptors (Lipinski definition) is 4. The van der Waals surface area contributed by atoms with Crippen molar-refractivity contribution < 1.29 is 13.9 Å². The molecule has 2 aliphatic rings. The first kappa shape index (κ1) is 20.3. The van der Waals surface area contributed by atoms with Gasteiger partial charge in [0.15, 0.2) is 0 Å². The topological polar surface area (TPSA) is 34.8 Å². The Balaban J connectivity index is 1.40. The molecule has 3 aromatic rings. The fourth-order valence-corrected chi connectivity index (χ4v) is 5.16.